The first-order valence-electron chi connectivity index (χ1n) is 5.06. The van der Waals surface area contributed by atoms with Crippen LogP contribution in [0, 0.1) is 11.3 Å². The summed E-state index contributed by atoms with van der Waals surface area (Å²) in [5, 5.41) is 8.57. The van der Waals surface area contributed by atoms with Crippen molar-refractivity contribution >= 4 is 33.4 Å². The molecule has 110 valence electrons. The zero-order chi connectivity index (χ0) is 15.4. The fraction of sp³-hybridized carbons (Fsp3) is 0.300. The minimum atomic E-state index is -4.41. The van der Waals surface area contributed by atoms with Gasteiger partial charge in [0.25, 0.3) is 0 Å². The van der Waals surface area contributed by atoms with Gasteiger partial charge in [0.15, 0.2) is 0 Å². The molecule has 0 aliphatic carbocycles. The number of sulfonamides is 1. The molecule has 10 heteroatoms. The van der Waals surface area contributed by atoms with E-state index in [-0.39, 0.29) is 27.2 Å². The average molecular weight is 345 g/mol. The third-order valence-corrected chi connectivity index (χ3v) is 4.69. The van der Waals surface area contributed by atoms with Gasteiger partial charge in [0.1, 0.15) is 4.90 Å². The van der Waals surface area contributed by atoms with Gasteiger partial charge in [-0.15, -0.1) is 0 Å². The van der Waals surface area contributed by atoms with Gasteiger partial charge >= 0.3 is 5.51 Å². The van der Waals surface area contributed by atoms with E-state index >= 15 is 0 Å². The maximum Gasteiger partial charge on any atom is 0.441 e. The van der Waals surface area contributed by atoms with E-state index in [1.165, 1.54) is 12.1 Å². The van der Waals surface area contributed by atoms with Gasteiger partial charge in [0, 0.05) is 12.3 Å². The van der Waals surface area contributed by atoms with Crippen molar-refractivity contribution < 1.29 is 21.6 Å². The second-order valence-corrected chi connectivity index (χ2v) is 6.75. The molecule has 1 N–H and O–H groups in total. The molecule has 0 aliphatic rings. The molecule has 0 heterocycles. The largest absolute Gasteiger partial charge is 0.441 e. The number of nitrogens with zero attached hydrogens (tertiary/aromatic N) is 1. The molecule has 0 saturated heterocycles. The molecule has 0 unspecified atom stereocenters. The molecule has 20 heavy (non-hydrogen) atoms. The van der Waals surface area contributed by atoms with Crippen LogP contribution < -0.4 is 4.72 Å². The van der Waals surface area contributed by atoms with Crippen LogP contribution in [0.1, 0.15) is 5.56 Å². The average Bonchev–Trinajstić information content (AvgIpc) is 2.34. The van der Waals surface area contributed by atoms with Crippen molar-refractivity contribution in [2.24, 2.45) is 0 Å². The molecule has 1 aromatic rings. The van der Waals surface area contributed by atoms with Gasteiger partial charge in [-0.25, -0.2) is 13.1 Å². The highest BCUT2D eigenvalue weighted by atomic mass is 35.5. The molecule has 0 bridgehead atoms. The molecule has 0 amide bonds. The summed E-state index contributed by atoms with van der Waals surface area (Å²) in [6, 6.07) is 5.38. The Hall–Kier alpha value is -0.950. The van der Waals surface area contributed by atoms with E-state index in [0.717, 1.165) is 6.07 Å². The van der Waals surface area contributed by atoms with Crippen molar-refractivity contribution in [3.05, 3.63) is 28.8 Å². The Labute approximate surface area is 123 Å². The summed E-state index contributed by atoms with van der Waals surface area (Å²) in [6.07, 6.45) is 0. The minimum absolute atomic E-state index is 0.0828. The second kappa shape index (κ2) is 6.67. The van der Waals surface area contributed by atoms with E-state index in [9.17, 15) is 21.6 Å². The molecule has 0 aliphatic heterocycles. The van der Waals surface area contributed by atoms with Crippen molar-refractivity contribution in [2.45, 2.75) is 10.4 Å². The van der Waals surface area contributed by atoms with E-state index < -0.39 is 27.8 Å². The van der Waals surface area contributed by atoms with Gasteiger partial charge < -0.3 is 0 Å². The summed E-state index contributed by atoms with van der Waals surface area (Å²) >= 11 is 5.38. The highest BCUT2D eigenvalue weighted by Crippen LogP contribution is 2.29. The second-order valence-electron chi connectivity index (χ2n) is 3.45. The first kappa shape index (κ1) is 17.1. The maximum atomic E-state index is 11.9. The van der Waals surface area contributed by atoms with Crippen molar-refractivity contribution in [3.63, 3.8) is 0 Å². The molecule has 0 saturated carbocycles. The molecule has 0 spiro atoms. The lowest BCUT2D eigenvalue weighted by molar-refractivity contribution is -0.0327. The Balaban J connectivity index is 2.77. The van der Waals surface area contributed by atoms with Gasteiger partial charge in [-0.1, -0.05) is 11.6 Å². The number of nitriles is 1. The maximum absolute atomic E-state index is 11.9. The van der Waals surface area contributed by atoms with Crippen molar-refractivity contribution in [3.8, 4) is 6.07 Å². The van der Waals surface area contributed by atoms with E-state index in [4.69, 9.17) is 16.9 Å². The van der Waals surface area contributed by atoms with Crippen LogP contribution >= 0.6 is 23.4 Å². The third kappa shape index (κ3) is 5.20. The van der Waals surface area contributed by atoms with E-state index in [1.54, 1.807) is 6.07 Å². The zero-order valence-corrected chi connectivity index (χ0v) is 12.1. The summed E-state index contributed by atoms with van der Waals surface area (Å²) in [5.41, 5.74) is -4.33. The molecule has 0 atom stereocenters. The molecule has 4 nitrogen and oxygen atoms in total. The number of halogens is 4. The Bertz CT molecular complexity index is 626. The normalized spacial score (nSPS) is 12.2. The van der Waals surface area contributed by atoms with Gasteiger partial charge in [0.05, 0.1) is 16.7 Å². The Morgan fingerprint density at radius 1 is 1.40 bits per heavy atom. The topological polar surface area (TPSA) is 70.0 Å². The predicted molar refractivity (Wildman–Crippen MR) is 69.9 cm³/mol. The smallest absolute Gasteiger partial charge is 0.210 e. The zero-order valence-electron chi connectivity index (χ0n) is 9.74. The lowest BCUT2D eigenvalue weighted by Gasteiger charge is -2.09. The molecular formula is C10H8ClF3N2O2S2. The van der Waals surface area contributed by atoms with Crippen LogP contribution in [0.25, 0.3) is 0 Å². The van der Waals surface area contributed by atoms with Gasteiger partial charge in [-0.3, -0.25) is 0 Å². The van der Waals surface area contributed by atoms with E-state index in [2.05, 4.69) is 0 Å². The SMILES string of the molecule is N#Cc1ccc(Cl)c(S(=O)(=O)NCCSC(F)(F)F)c1. The fourth-order valence-corrected chi connectivity index (χ4v) is 3.32. The lowest BCUT2D eigenvalue weighted by atomic mass is 10.2. The number of alkyl halides is 3. The van der Waals surface area contributed by atoms with Crippen molar-refractivity contribution in [2.75, 3.05) is 12.3 Å². The van der Waals surface area contributed by atoms with Crippen molar-refractivity contribution in [1.82, 2.24) is 4.72 Å². The summed E-state index contributed by atoms with van der Waals surface area (Å²) in [5.74, 6) is -0.460. The standard InChI is InChI=1S/C10H8ClF3N2O2S2/c11-8-2-1-7(6-15)5-9(8)20(17,18)16-3-4-19-10(12,13)14/h1-2,5,16H,3-4H2. The number of rotatable bonds is 5. The first-order chi connectivity index (χ1) is 9.15. The van der Waals surface area contributed by atoms with Gasteiger partial charge in [0.2, 0.25) is 10.0 Å². The highest BCUT2D eigenvalue weighted by molar-refractivity contribution is 8.00. The number of hydrogen-bond acceptors (Lipinski definition) is 4. The Kier molecular flexibility index (Phi) is 5.70. The molecule has 0 radical (unpaired) electrons. The predicted octanol–water partition coefficient (Wildman–Crippen LogP) is 2.74. The van der Waals surface area contributed by atoms with Crippen LogP contribution in [0.5, 0.6) is 0 Å². The summed E-state index contributed by atoms with van der Waals surface area (Å²) in [6.45, 7) is -0.403. The third-order valence-electron chi connectivity index (χ3n) is 2.01. The highest BCUT2D eigenvalue weighted by Gasteiger charge is 2.28. The first-order valence-corrected chi connectivity index (χ1v) is 7.90. The Morgan fingerprint density at radius 3 is 2.60 bits per heavy atom. The number of nitrogens with one attached hydrogen (secondary N) is 1. The summed E-state index contributed by atoms with van der Waals surface area (Å²) in [7, 11) is -4.06. The molecular weight excluding hydrogens is 337 g/mol. The summed E-state index contributed by atoms with van der Waals surface area (Å²) < 4.78 is 61.4. The summed E-state index contributed by atoms with van der Waals surface area (Å²) in [4.78, 5) is -0.338. The molecule has 0 aromatic heterocycles. The minimum Gasteiger partial charge on any atom is -0.210 e. The monoisotopic (exact) mass is 344 g/mol. The van der Waals surface area contributed by atoms with E-state index in [1.807, 2.05) is 4.72 Å². The van der Waals surface area contributed by atoms with Crippen LogP contribution in [0.15, 0.2) is 23.1 Å². The van der Waals surface area contributed by atoms with Crippen LogP contribution in [0.4, 0.5) is 13.2 Å². The molecule has 1 rings (SSSR count). The van der Waals surface area contributed by atoms with Crippen LogP contribution in [-0.2, 0) is 10.0 Å². The Morgan fingerprint density at radius 2 is 2.05 bits per heavy atom. The van der Waals surface area contributed by atoms with Gasteiger partial charge in [-0.05, 0) is 30.0 Å². The van der Waals surface area contributed by atoms with Crippen LogP contribution in [0.3, 0.4) is 0 Å². The number of hydrogen-bond donors (Lipinski definition) is 1. The van der Waals surface area contributed by atoms with E-state index in [0.29, 0.717) is 0 Å². The van der Waals surface area contributed by atoms with Crippen molar-refractivity contribution in [1.29, 1.82) is 5.26 Å². The fourth-order valence-electron chi connectivity index (χ4n) is 1.20. The quantitative estimate of drug-likeness (QED) is 0.834. The van der Waals surface area contributed by atoms with Crippen LogP contribution in [0.2, 0.25) is 5.02 Å². The van der Waals surface area contributed by atoms with Gasteiger partial charge in [-0.2, -0.15) is 18.4 Å². The van der Waals surface area contributed by atoms with Crippen LogP contribution in [-0.4, -0.2) is 26.2 Å². The molecule has 0 fully saturated rings. The number of benzene rings is 1. The number of thioether (sulfide) groups is 1. The molecule has 1 aromatic carbocycles. The lowest BCUT2D eigenvalue weighted by Crippen LogP contribution is -2.27.